The topological polar surface area (TPSA) is 121 Å². The van der Waals surface area contributed by atoms with E-state index >= 15 is 0 Å². The predicted octanol–water partition coefficient (Wildman–Crippen LogP) is 5.29. The number of hydrogen-bond donors (Lipinski definition) is 0. The molecule has 10 heteroatoms. The van der Waals surface area contributed by atoms with E-state index in [1.54, 1.807) is 49.4 Å². The maximum absolute atomic E-state index is 13.5. The highest BCUT2D eigenvalue weighted by atomic mass is 127. The van der Waals surface area contributed by atoms with E-state index in [2.05, 4.69) is 27.6 Å². The van der Waals surface area contributed by atoms with Crippen LogP contribution in [-0.2, 0) is 0 Å². The number of nitro groups is 2. The minimum atomic E-state index is -0.524. The Kier molecular flexibility index (Phi) is 6.01. The highest BCUT2D eigenvalue weighted by molar-refractivity contribution is 14.1. The Balaban J connectivity index is 1.98. The van der Waals surface area contributed by atoms with Crippen molar-refractivity contribution in [3.05, 3.63) is 112 Å². The van der Waals surface area contributed by atoms with Gasteiger partial charge in [-0.3, -0.25) is 29.6 Å². The molecule has 1 aromatic heterocycles. The van der Waals surface area contributed by atoms with Crippen molar-refractivity contribution in [2.24, 2.45) is 0 Å². The quantitative estimate of drug-likeness (QED) is 0.188. The summed E-state index contributed by atoms with van der Waals surface area (Å²) in [6.07, 6.45) is 3.17. The fourth-order valence-electron chi connectivity index (χ4n) is 3.38. The molecule has 33 heavy (non-hydrogen) atoms. The molecule has 0 radical (unpaired) electrons. The molecule has 4 aromatic rings. The zero-order chi connectivity index (χ0) is 23.7. The maximum atomic E-state index is 13.5. The van der Waals surface area contributed by atoms with Gasteiger partial charge in [0.05, 0.1) is 26.4 Å². The molecule has 3 aromatic carbocycles. The fourth-order valence-corrected chi connectivity index (χ4v) is 3.88. The zero-order valence-electron chi connectivity index (χ0n) is 17.1. The van der Waals surface area contributed by atoms with Gasteiger partial charge >= 0.3 is 0 Å². The molecule has 0 atom stereocenters. The van der Waals surface area contributed by atoms with E-state index in [0.29, 0.717) is 27.7 Å². The van der Waals surface area contributed by atoms with Crippen LogP contribution < -0.4 is 5.56 Å². The monoisotopic (exact) mass is 554 g/mol. The van der Waals surface area contributed by atoms with Crippen molar-refractivity contribution < 1.29 is 9.85 Å². The third-order valence-electron chi connectivity index (χ3n) is 5.01. The second kappa shape index (κ2) is 8.90. The van der Waals surface area contributed by atoms with Crippen LogP contribution in [0.3, 0.4) is 0 Å². The summed E-state index contributed by atoms with van der Waals surface area (Å²) in [4.78, 5) is 39.5. The molecule has 0 N–H and O–H groups in total. The predicted molar refractivity (Wildman–Crippen MR) is 133 cm³/mol. The molecule has 0 spiro atoms. The summed E-state index contributed by atoms with van der Waals surface area (Å²) < 4.78 is 2.18. The van der Waals surface area contributed by atoms with Crippen LogP contribution >= 0.6 is 22.6 Å². The average Bonchev–Trinajstić information content (AvgIpc) is 2.79. The van der Waals surface area contributed by atoms with Crippen LogP contribution in [0.25, 0.3) is 28.7 Å². The molecule has 4 rings (SSSR count). The van der Waals surface area contributed by atoms with Gasteiger partial charge in [-0.15, -0.1) is 0 Å². The summed E-state index contributed by atoms with van der Waals surface area (Å²) in [6.45, 7) is 1.75. The van der Waals surface area contributed by atoms with Crippen LogP contribution in [0.5, 0.6) is 0 Å². The number of aromatic nitrogens is 2. The van der Waals surface area contributed by atoms with Crippen molar-refractivity contribution >= 4 is 57.0 Å². The Hall–Kier alpha value is -3.93. The first-order chi connectivity index (χ1) is 15.7. The fraction of sp³-hybridized carbons (Fsp3) is 0.0435. The van der Waals surface area contributed by atoms with Gasteiger partial charge in [-0.25, -0.2) is 4.98 Å². The number of halogens is 1. The SMILES string of the molecule is Cc1ccc([N+](=O)[O-])cc1-n1c(/C=C/c2cccc([N+](=O)[O-])c2)nc2ccc(I)cc2c1=O. The van der Waals surface area contributed by atoms with Gasteiger partial charge in [0.2, 0.25) is 0 Å². The van der Waals surface area contributed by atoms with Crippen molar-refractivity contribution in [1.29, 1.82) is 0 Å². The Bertz CT molecular complexity index is 1530. The molecule has 0 bridgehead atoms. The largest absolute Gasteiger partial charge is 0.271 e. The van der Waals surface area contributed by atoms with Crippen molar-refractivity contribution in [2.45, 2.75) is 6.92 Å². The number of hydrogen-bond acceptors (Lipinski definition) is 6. The molecule has 0 amide bonds. The third kappa shape index (κ3) is 4.51. The van der Waals surface area contributed by atoms with Crippen molar-refractivity contribution in [1.82, 2.24) is 9.55 Å². The molecule has 0 unspecified atom stereocenters. The summed E-state index contributed by atoms with van der Waals surface area (Å²) >= 11 is 2.10. The van der Waals surface area contributed by atoms with Crippen molar-refractivity contribution in [3.63, 3.8) is 0 Å². The first-order valence-corrected chi connectivity index (χ1v) is 10.7. The van der Waals surface area contributed by atoms with Gasteiger partial charge in [-0.2, -0.15) is 0 Å². The van der Waals surface area contributed by atoms with E-state index in [1.807, 2.05) is 6.07 Å². The smallest absolute Gasteiger partial charge is 0.268 e. The molecule has 0 aliphatic rings. The molecule has 0 saturated heterocycles. The molecule has 1 heterocycles. The lowest BCUT2D eigenvalue weighted by atomic mass is 10.1. The van der Waals surface area contributed by atoms with Gasteiger partial charge in [0.15, 0.2) is 0 Å². The molecule has 0 aliphatic heterocycles. The van der Waals surface area contributed by atoms with Gasteiger partial charge in [-0.1, -0.05) is 24.3 Å². The van der Waals surface area contributed by atoms with E-state index in [9.17, 15) is 25.0 Å². The second-order valence-electron chi connectivity index (χ2n) is 7.19. The number of rotatable bonds is 5. The highest BCUT2D eigenvalue weighted by Gasteiger charge is 2.17. The lowest BCUT2D eigenvalue weighted by Crippen LogP contribution is -2.23. The Morgan fingerprint density at radius 1 is 0.939 bits per heavy atom. The zero-order valence-corrected chi connectivity index (χ0v) is 19.3. The molecular formula is C23H15IN4O5. The standard InChI is InChI=1S/C23H15IN4O5/c1-14-5-8-18(28(32)33)13-21(14)26-22(10-6-15-3-2-4-17(11-15)27(30)31)25-20-9-7-16(24)12-19(20)23(26)29/h2-13H,1H3/b10-6+. The number of non-ortho nitro benzene ring substituents is 2. The van der Waals surface area contributed by atoms with E-state index in [-0.39, 0.29) is 22.8 Å². The van der Waals surface area contributed by atoms with Gasteiger partial charge in [0, 0.05) is 27.8 Å². The number of nitrogens with zero attached hydrogens (tertiary/aromatic N) is 4. The molecule has 0 fully saturated rings. The number of aryl methyl sites for hydroxylation is 1. The summed E-state index contributed by atoms with van der Waals surface area (Å²) in [6, 6.07) is 15.6. The van der Waals surface area contributed by atoms with Gasteiger partial charge < -0.3 is 0 Å². The molecular weight excluding hydrogens is 539 g/mol. The second-order valence-corrected chi connectivity index (χ2v) is 8.43. The number of benzene rings is 3. The number of nitro benzene ring substituents is 2. The Morgan fingerprint density at radius 2 is 1.67 bits per heavy atom. The van der Waals surface area contributed by atoms with E-state index in [0.717, 1.165) is 3.57 Å². The van der Waals surface area contributed by atoms with Crippen LogP contribution in [0, 0.1) is 30.7 Å². The maximum Gasteiger partial charge on any atom is 0.271 e. The minimum absolute atomic E-state index is 0.0647. The van der Waals surface area contributed by atoms with Gasteiger partial charge in [-0.05, 0) is 64.9 Å². The van der Waals surface area contributed by atoms with E-state index in [4.69, 9.17) is 0 Å². The molecule has 0 aliphatic carbocycles. The first-order valence-electron chi connectivity index (χ1n) is 9.65. The Labute approximate surface area is 200 Å². The van der Waals surface area contributed by atoms with Crippen LogP contribution in [0.1, 0.15) is 17.0 Å². The van der Waals surface area contributed by atoms with Crippen LogP contribution in [0.2, 0.25) is 0 Å². The molecule has 9 nitrogen and oxygen atoms in total. The normalized spacial score (nSPS) is 11.2. The summed E-state index contributed by atoms with van der Waals surface area (Å²) in [5, 5.41) is 22.8. The number of fused-ring (bicyclic) bond motifs is 1. The van der Waals surface area contributed by atoms with Crippen LogP contribution in [0.4, 0.5) is 11.4 Å². The molecule has 164 valence electrons. The van der Waals surface area contributed by atoms with Gasteiger partial charge in [0.25, 0.3) is 16.9 Å². The molecule has 0 saturated carbocycles. The van der Waals surface area contributed by atoms with E-state index in [1.165, 1.54) is 28.8 Å². The first kappa shape index (κ1) is 22.3. The summed E-state index contributed by atoms with van der Waals surface area (Å²) in [5.41, 5.74) is 1.41. The van der Waals surface area contributed by atoms with Gasteiger partial charge in [0.1, 0.15) is 5.82 Å². The Morgan fingerprint density at radius 3 is 2.39 bits per heavy atom. The highest BCUT2D eigenvalue weighted by Crippen LogP contribution is 2.24. The van der Waals surface area contributed by atoms with Crippen LogP contribution in [-0.4, -0.2) is 19.4 Å². The van der Waals surface area contributed by atoms with Crippen LogP contribution in [0.15, 0.2) is 65.5 Å². The summed E-state index contributed by atoms with van der Waals surface area (Å²) in [7, 11) is 0. The van der Waals surface area contributed by atoms with Crippen molar-refractivity contribution in [3.8, 4) is 5.69 Å². The lowest BCUT2D eigenvalue weighted by molar-refractivity contribution is -0.385. The average molecular weight is 554 g/mol. The lowest BCUT2D eigenvalue weighted by Gasteiger charge is -2.14. The van der Waals surface area contributed by atoms with Crippen molar-refractivity contribution in [2.75, 3.05) is 0 Å². The summed E-state index contributed by atoms with van der Waals surface area (Å²) in [5.74, 6) is 0.240. The third-order valence-corrected chi connectivity index (χ3v) is 5.68. The minimum Gasteiger partial charge on any atom is -0.268 e. The van der Waals surface area contributed by atoms with E-state index < -0.39 is 9.85 Å².